The van der Waals surface area contributed by atoms with Crippen LogP contribution in [-0.4, -0.2) is 5.11 Å². The summed E-state index contributed by atoms with van der Waals surface area (Å²) in [5.41, 5.74) is 5.21. The molecule has 0 spiro atoms. The molecule has 3 unspecified atom stereocenters. The van der Waals surface area contributed by atoms with Crippen molar-refractivity contribution in [3.8, 4) is 0 Å². The number of allylic oxidation sites excluding steroid dienone is 3. The lowest BCUT2D eigenvalue weighted by Gasteiger charge is -2.46. The van der Waals surface area contributed by atoms with Crippen molar-refractivity contribution in [2.24, 2.45) is 17.3 Å². The van der Waals surface area contributed by atoms with Crippen LogP contribution in [0.3, 0.4) is 0 Å². The third-order valence-electron chi connectivity index (χ3n) is 5.27. The van der Waals surface area contributed by atoms with E-state index in [4.69, 9.17) is 0 Å². The topological polar surface area (TPSA) is 20.2 Å². The summed E-state index contributed by atoms with van der Waals surface area (Å²) in [6, 6.07) is 6.54. The van der Waals surface area contributed by atoms with Crippen LogP contribution in [0, 0.1) is 17.3 Å². The first-order valence-corrected chi connectivity index (χ1v) is 6.79. The molecule has 1 aromatic rings. The van der Waals surface area contributed by atoms with Crippen LogP contribution in [0.15, 0.2) is 30.4 Å². The summed E-state index contributed by atoms with van der Waals surface area (Å²) in [4.78, 5) is 0. The lowest BCUT2D eigenvalue weighted by molar-refractivity contribution is 0.0183. The van der Waals surface area contributed by atoms with E-state index in [1.165, 1.54) is 16.7 Å². The number of aliphatic hydroxyl groups is 1. The molecule has 92 valence electrons. The van der Waals surface area contributed by atoms with E-state index in [-0.39, 0.29) is 11.5 Å². The predicted molar refractivity (Wildman–Crippen MR) is 73.8 cm³/mol. The van der Waals surface area contributed by atoms with Gasteiger partial charge >= 0.3 is 0 Å². The minimum atomic E-state index is -0.340. The Morgan fingerprint density at radius 3 is 2.94 bits per heavy atom. The van der Waals surface area contributed by atoms with Gasteiger partial charge in [-0.15, -0.1) is 0 Å². The van der Waals surface area contributed by atoms with Gasteiger partial charge in [-0.2, -0.15) is 0 Å². The van der Waals surface area contributed by atoms with Crippen molar-refractivity contribution in [2.45, 2.75) is 26.4 Å². The van der Waals surface area contributed by atoms with Crippen LogP contribution in [0.4, 0.5) is 0 Å². The van der Waals surface area contributed by atoms with Crippen LogP contribution >= 0.6 is 0 Å². The van der Waals surface area contributed by atoms with E-state index in [0.717, 1.165) is 12.0 Å². The average Bonchev–Trinajstić information content (AvgIpc) is 2.37. The monoisotopic (exact) mass is 238 g/mol. The first-order chi connectivity index (χ1) is 8.59. The van der Waals surface area contributed by atoms with Gasteiger partial charge < -0.3 is 5.11 Å². The maximum absolute atomic E-state index is 10.8. The van der Waals surface area contributed by atoms with Crippen LogP contribution in [-0.2, 0) is 0 Å². The Hall–Kier alpha value is -1.34. The van der Waals surface area contributed by atoms with Crippen LogP contribution in [0.25, 0.3) is 11.6 Å². The largest absolute Gasteiger partial charge is 0.388 e. The molecular formula is C17H18O. The van der Waals surface area contributed by atoms with Gasteiger partial charge in [0, 0.05) is 5.92 Å². The van der Waals surface area contributed by atoms with Crippen molar-refractivity contribution in [3.63, 3.8) is 0 Å². The summed E-state index contributed by atoms with van der Waals surface area (Å²) in [5.74, 6) is 0.746. The Morgan fingerprint density at radius 1 is 1.28 bits per heavy atom. The third-order valence-corrected chi connectivity index (χ3v) is 5.27. The number of benzene rings is 1. The molecule has 1 nitrogen and oxygen atoms in total. The third kappa shape index (κ3) is 1.11. The predicted octanol–water partition coefficient (Wildman–Crippen LogP) is 3.81. The normalized spacial score (nSPS) is 34.2. The summed E-state index contributed by atoms with van der Waals surface area (Å²) < 4.78 is 0. The molecule has 3 aliphatic rings. The first-order valence-electron chi connectivity index (χ1n) is 6.79. The van der Waals surface area contributed by atoms with Crippen molar-refractivity contribution in [3.05, 3.63) is 47.0 Å². The molecule has 0 fully saturated rings. The SMILES string of the molecule is CC1(C)C2C=Cc3cc4ccc3C(O)C1CC=C42. The molecule has 0 aromatic heterocycles. The van der Waals surface area contributed by atoms with E-state index >= 15 is 0 Å². The highest BCUT2D eigenvalue weighted by molar-refractivity contribution is 5.78. The fourth-order valence-corrected chi connectivity index (χ4v) is 4.09. The lowest BCUT2D eigenvalue weighted by Crippen LogP contribution is -2.38. The maximum atomic E-state index is 10.8. The number of hydrogen-bond acceptors (Lipinski definition) is 1. The summed E-state index contributed by atoms with van der Waals surface area (Å²) in [7, 11) is 0. The second kappa shape index (κ2) is 3.16. The second-order valence-corrected chi connectivity index (χ2v) is 6.45. The molecule has 0 saturated carbocycles. The Balaban J connectivity index is 2.13. The van der Waals surface area contributed by atoms with E-state index in [1.54, 1.807) is 0 Å². The minimum Gasteiger partial charge on any atom is -0.388 e. The van der Waals surface area contributed by atoms with Crippen LogP contribution < -0.4 is 0 Å². The molecule has 18 heavy (non-hydrogen) atoms. The molecule has 4 rings (SSSR count). The average molecular weight is 238 g/mol. The van der Waals surface area contributed by atoms with Gasteiger partial charge in [0.1, 0.15) is 0 Å². The zero-order chi connectivity index (χ0) is 12.5. The fraction of sp³-hybridized carbons (Fsp3) is 0.412. The van der Waals surface area contributed by atoms with Gasteiger partial charge in [-0.05, 0) is 46.1 Å². The van der Waals surface area contributed by atoms with Gasteiger partial charge in [0.05, 0.1) is 6.10 Å². The van der Waals surface area contributed by atoms with Crippen LogP contribution in [0.1, 0.15) is 43.1 Å². The Labute approximate surface area is 108 Å². The highest BCUT2D eigenvalue weighted by Crippen LogP contribution is 2.56. The summed E-state index contributed by atoms with van der Waals surface area (Å²) in [6.45, 7) is 4.61. The summed E-state index contributed by atoms with van der Waals surface area (Å²) in [5, 5.41) is 10.8. The first kappa shape index (κ1) is 10.6. The molecule has 1 N–H and O–H groups in total. The molecule has 0 saturated heterocycles. The number of rotatable bonds is 0. The van der Waals surface area contributed by atoms with Gasteiger partial charge in [0.25, 0.3) is 0 Å². The maximum Gasteiger partial charge on any atom is 0.0832 e. The molecule has 0 heterocycles. The molecule has 0 radical (unpaired) electrons. The smallest absolute Gasteiger partial charge is 0.0832 e. The van der Waals surface area contributed by atoms with E-state index in [9.17, 15) is 5.11 Å². The quantitative estimate of drug-likeness (QED) is 0.728. The van der Waals surface area contributed by atoms with Gasteiger partial charge in [-0.1, -0.05) is 44.2 Å². The molecule has 1 aromatic carbocycles. The van der Waals surface area contributed by atoms with Crippen molar-refractivity contribution >= 4 is 11.6 Å². The number of fused-ring (bicyclic) bond motifs is 3. The zero-order valence-electron chi connectivity index (χ0n) is 10.9. The minimum absolute atomic E-state index is 0.117. The lowest BCUT2D eigenvalue weighted by atomic mass is 9.59. The second-order valence-electron chi connectivity index (χ2n) is 6.45. The van der Waals surface area contributed by atoms with Gasteiger partial charge in [-0.3, -0.25) is 0 Å². The fourth-order valence-electron chi connectivity index (χ4n) is 4.09. The van der Waals surface area contributed by atoms with Crippen molar-refractivity contribution in [1.82, 2.24) is 0 Å². The number of aliphatic hydroxyl groups excluding tert-OH is 1. The Morgan fingerprint density at radius 2 is 2.11 bits per heavy atom. The zero-order valence-corrected chi connectivity index (χ0v) is 10.9. The standard InChI is InChI=1S/C17H18O/c1-17(2)14-7-4-11-9-10-3-5-13(11)16(18)15(17)8-6-12(10)14/h3-7,9,14-16,18H,8H2,1-2H3. The molecule has 4 bridgehead atoms. The van der Waals surface area contributed by atoms with E-state index < -0.39 is 0 Å². The van der Waals surface area contributed by atoms with Gasteiger partial charge in [0.2, 0.25) is 0 Å². The molecule has 0 amide bonds. The van der Waals surface area contributed by atoms with Crippen molar-refractivity contribution in [1.29, 1.82) is 0 Å². The Kier molecular flexibility index (Phi) is 1.85. The van der Waals surface area contributed by atoms with Gasteiger partial charge in [0.15, 0.2) is 0 Å². The highest BCUT2D eigenvalue weighted by Gasteiger charge is 2.46. The summed E-state index contributed by atoms with van der Waals surface area (Å²) >= 11 is 0. The molecule has 3 aliphatic carbocycles. The number of hydrogen-bond donors (Lipinski definition) is 1. The van der Waals surface area contributed by atoms with Gasteiger partial charge in [-0.25, -0.2) is 0 Å². The molecular weight excluding hydrogens is 220 g/mol. The Bertz CT molecular complexity index is 592. The highest BCUT2D eigenvalue weighted by atomic mass is 16.3. The molecule has 0 aliphatic heterocycles. The van der Waals surface area contributed by atoms with E-state index in [1.807, 2.05) is 0 Å². The van der Waals surface area contributed by atoms with Crippen molar-refractivity contribution in [2.75, 3.05) is 0 Å². The van der Waals surface area contributed by atoms with E-state index in [2.05, 4.69) is 50.3 Å². The molecule has 1 heteroatoms. The molecule has 3 atom stereocenters. The summed E-state index contributed by atoms with van der Waals surface area (Å²) in [6.07, 6.45) is 7.55. The van der Waals surface area contributed by atoms with E-state index in [0.29, 0.717) is 11.8 Å². The van der Waals surface area contributed by atoms with Crippen molar-refractivity contribution < 1.29 is 5.11 Å². The van der Waals surface area contributed by atoms with Crippen LogP contribution in [0.2, 0.25) is 0 Å². The van der Waals surface area contributed by atoms with Crippen LogP contribution in [0.5, 0.6) is 0 Å².